The number of halogens is 1. The number of aromatic nitrogens is 4. The standard InChI is InChI=1S/C31H27ClN4O4/c32-23-11-14-25-26(18-23)35(30(39)36(25)31(15-16-31)22-8-4-7-21(17-22)29(37)38)24-12-9-20(10-13-24)28-34-33-27(40-28)19-5-2-1-3-6-19/h4,7-14,17-19H,1-3,5-6,15-16H2,(H,37,38). The number of rotatable bonds is 6. The molecule has 0 atom stereocenters. The van der Waals surface area contributed by atoms with Crippen molar-refractivity contribution in [1.82, 2.24) is 19.3 Å². The van der Waals surface area contributed by atoms with Gasteiger partial charge in [0.1, 0.15) is 0 Å². The van der Waals surface area contributed by atoms with Crippen LogP contribution in [0.3, 0.4) is 0 Å². The zero-order chi connectivity index (χ0) is 27.4. The molecular formula is C31H27ClN4O4. The zero-order valence-corrected chi connectivity index (χ0v) is 22.5. The topological polar surface area (TPSA) is 103 Å². The Labute approximate surface area is 234 Å². The fourth-order valence-corrected chi connectivity index (χ4v) is 6.32. The molecule has 0 unspecified atom stereocenters. The van der Waals surface area contributed by atoms with Crippen molar-refractivity contribution >= 4 is 28.6 Å². The summed E-state index contributed by atoms with van der Waals surface area (Å²) in [4.78, 5) is 25.8. The van der Waals surface area contributed by atoms with Crippen molar-refractivity contribution in [2.24, 2.45) is 0 Å². The van der Waals surface area contributed by atoms with Gasteiger partial charge in [0.2, 0.25) is 11.8 Å². The number of hydrogen-bond acceptors (Lipinski definition) is 5. The minimum Gasteiger partial charge on any atom is -0.478 e. The molecule has 0 radical (unpaired) electrons. The minimum atomic E-state index is -0.994. The number of benzene rings is 3. The van der Waals surface area contributed by atoms with Crippen LogP contribution in [0.25, 0.3) is 28.2 Å². The smallest absolute Gasteiger partial charge is 0.335 e. The number of imidazole rings is 1. The maximum absolute atomic E-state index is 14.1. The summed E-state index contributed by atoms with van der Waals surface area (Å²) >= 11 is 6.40. The minimum absolute atomic E-state index is 0.201. The lowest BCUT2D eigenvalue weighted by Gasteiger charge is -2.18. The van der Waals surface area contributed by atoms with Gasteiger partial charge in [-0.2, -0.15) is 0 Å². The van der Waals surface area contributed by atoms with Gasteiger partial charge in [0.25, 0.3) is 0 Å². The Hall–Kier alpha value is -4.17. The largest absolute Gasteiger partial charge is 0.478 e. The van der Waals surface area contributed by atoms with Crippen LogP contribution in [0.2, 0.25) is 5.02 Å². The number of nitrogens with zero attached hydrogens (tertiary/aromatic N) is 4. The second-order valence-corrected chi connectivity index (χ2v) is 11.3. The second-order valence-electron chi connectivity index (χ2n) is 10.8. The van der Waals surface area contributed by atoms with E-state index >= 15 is 0 Å². The molecule has 3 aromatic carbocycles. The molecule has 2 heterocycles. The Morgan fingerprint density at radius 3 is 2.45 bits per heavy atom. The van der Waals surface area contributed by atoms with Gasteiger partial charge in [-0.25, -0.2) is 9.59 Å². The normalized spacial score (nSPS) is 16.8. The first-order chi connectivity index (χ1) is 19.4. The summed E-state index contributed by atoms with van der Waals surface area (Å²) in [6.07, 6.45) is 7.27. The molecule has 2 saturated carbocycles. The molecule has 0 aliphatic heterocycles. The first-order valence-electron chi connectivity index (χ1n) is 13.7. The zero-order valence-electron chi connectivity index (χ0n) is 21.7. The summed E-state index contributed by atoms with van der Waals surface area (Å²) in [6.45, 7) is 0. The number of carboxylic acid groups (broad SMARTS) is 1. The molecule has 1 N–H and O–H groups in total. The lowest BCUT2D eigenvalue weighted by Crippen LogP contribution is -2.32. The molecular weight excluding hydrogens is 528 g/mol. The van der Waals surface area contributed by atoms with E-state index in [1.807, 2.05) is 36.4 Å². The lowest BCUT2D eigenvalue weighted by atomic mass is 9.89. The summed E-state index contributed by atoms with van der Waals surface area (Å²) in [5, 5.41) is 18.7. The highest BCUT2D eigenvalue weighted by molar-refractivity contribution is 6.31. The van der Waals surface area contributed by atoms with Gasteiger partial charge in [0.15, 0.2) is 0 Å². The van der Waals surface area contributed by atoms with E-state index < -0.39 is 11.5 Å². The van der Waals surface area contributed by atoms with E-state index in [9.17, 15) is 14.7 Å². The number of fused-ring (bicyclic) bond motifs is 1. The van der Waals surface area contributed by atoms with Crippen LogP contribution in [0.4, 0.5) is 0 Å². The number of aromatic carboxylic acids is 1. The molecule has 2 fully saturated rings. The summed E-state index contributed by atoms with van der Waals surface area (Å²) < 4.78 is 9.50. The Morgan fingerprint density at radius 1 is 0.950 bits per heavy atom. The second kappa shape index (κ2) is 9.48. The Kier molecular flexibility index (Phi) is 5.89. The third-order valence-electron chi connectivity index (χ3n) is 8.37. The van der Waals surface area contributed by atoms with Crippen LogP contribution in [0, 0.1) is 0 Å². The van der Waals surface area contributed by atoms with E-state index in [1.165, 1.54) is 19.3 Å². The lowest BCUT2D eigenvalue weighted by molar-refractivity contribution is 0.0696. The quantitative estimate of drug-likeness (QED) is 0.248. The monoisotopic (exact) mass is 554 g/mol. The van der Waals surface area contributed by atoms with Gasteiger partial charge in [0, 0.05) is 16.5 Å². The molecule has 9 heteroatoms. The Bertz CT molecular complexity index is 1810. The average Bonchev–Trinajstić information content (AvgIpc) is 3.51. The van der Waals surface area contributed by atoms with E-state index in [0.717, 1.165) is 42.3 Å². The molecule has 7 rings (SSSR count). The van der Waals surface area contributed by atoms with Gasteiger partial charge in [0.05, 0.1) is 27.8 Å². The van der Waals surface area contributed by atoms with Crippen LogP contribution in [-0.2, 0) is 5.54 Å². The van der Waals surface area contributed by atoms with Crippen LogP contribution in [0.1, 0.15) is 72.7 Å². The predicted molar refractivity (Wildman–Crippen MR) is 151 cm³/mol. The van der Waals surface area contributed by atoms with Crippen LogP contribution >= 0.6 is 11.6 Å². The molecule has 0 bridgehead atoms. The first kappa shape index (κ1) is 24.8. The van der Waals surface area contributed by atoms with Gasteiger partial charge in [-0.05, 0) is 85.8 Å². The average molecular weight is 555 g/mol. The fraction of sp³-hybridized carbons (Fsp3) is 0.290. The van der Waals surface area contributed by atoms with Crippen molar-refractivity contribution in [1.29, 1.82) is 0 Å². The van der Waals surface area contributed by atoms with E-state index in [1.54, 1.807) is 39.5 Å². The highest BCUT2D eigenvalue weighted by Gasteiger charge is 2.49. The van der Waals surface area contributed by atoms with E-state index in [-0.39, 0.29) is 11.3 Å². The van der Waals surface area contributed by atoms with Gasteiger partial charge in [-0.15, -0.1) is 10.2 Å². The molecule has 2 aliphatic carbocycles. The predicted octanol–water partition coefficient (Wildman–Crippen LogP) is 6.78. The van der Waals surface area contributed by atoms with Crippen molar-refractivity contribution in [3.63, 3.8) is 0 Å². The SMILES string of the molecule is O=C(O)c1cccc(C2(n3c(=O)n(-c4ccc(-c5nnc(C6CCCCC6)o5)cc4)c4cc(Cl)ccc43)CC2)c1. The summed E-state index contributed by atoms with van der Waals surface area (Å²) in [6, 6.07) is 19.8. The molecule has 2 aliphatic rings. The number of hydrogen-bond donors (Lipinski definition) is 1. The maximum atomic E-state index is 14.1. The van der Waals surface area contributed by atoms with Gasteiger partial charge >= 0.3 is 11.7 Å². The van der Waals surface area contributed by atoms with Crippen molar-refractivity contribution in [3.8, 4) is 17.1 Å². The van der Waals surface area contributed by atoms with Crippen molar-refractivity contribution in [3.05, 3.63) is 99.3 Å². The van der Waals surface area contributed by atoms with E-state index in [2.05, 4.69) is 10.2 Å². The van der Waals surface area contributed by atoms with Gasteiger partial charge in [-0.3, -0.25) is 9.13 Å². The van der Waals surface area contributed by atoms with Crippen LogP contribution < -0.4 is 5.69 Å². The highest BCUT2D eigenvalue weighted by atomic mass is 35.5. The van der Waals surface area contributed by atoms with E-state index in [4.69, 9.17) is 16.0 Å². The summed E-state index contributed by atoms with van der Waals surface area (Å²) in [5.41, 5.74) is 3.09. The molecule has 2 aromatic heterocycles. The Morgan fingerprint density at radius 2 is 1.73 bits per heavy atom. The molecule has 0 saturated heterocycles. The molecule has 0 amide bonds. The summed E-state index contributed by atoms with van der Waals surface area (Å²) in [5.74, 6) is 0.510. The molecule has 5 aromatic rings. The highest BCUT2D eigenvalue weighted by Crippen LogP contribution is 2.50. The third-order valence-corrected chi connectivity index (χ3v) is 8.60. The maximum Gasteiger partial charge on any atom is 0.335 e. The molecule has 40 heavy (non-hydrogen) atoms. The van der Waals surface area contributed by atoms with Crippen LogP contribution in [0.15, 0.2) is 75.9 Å². The van der Waals surface area contributed by atoms with Gasteiger partial charge in [-0.1, -0.05) is 43.0 Å². The molecule has 202 valence electrons. The Balaban J connectivity index is 1.30. The number of carbonyl (C=O) groups is 1. The molecule has 8 nitrogen and oxygen atoms in total. The molecule has 0 spiro atoms. The van der Waals surface area contributed by atoms with Crippen molar-refractivity contribution in [2.45, 2.75) is 56.4 Å². The summed E-state index contributed by atoms with van der Waals surface area (Å²) in [7, 11) is 0. The number of carboxylic acids is 1. The van der Waals surface area contributed by atoms with Crippen molar-refractivity contribution < 1.29 is 14.3 Å². The van der Waals surface area contributed by atoms with E-state index in [0.29, 0.717) is 33.9 Å². The third kappa shape index (κ3) is 4.05. The van der Waals surface area contributed by atoms with Gasteiger partial charge < -0.3 is 9.52 Å². The first-order valence-corrected chi connectivity index (χ1v) is 14.0. The van der Waals surface area contributed by atoms with Crippen molar-refractivity contribution in [2.75, 3.05) is 0 Å². The fourth-order valence-electron chi connectivity index (χ4n) is 6.15. The van der Waals surface area contributed by atoms with Crippen LogP contribution in [-0.4, -0.2) is 30.4 Å². The van der Waals surface area contributed by atoms with Crippen LogP contribution in [0.5, 0.6) is 0 Å².